The molecule has 2 heteroatoms. The maximum absolute atomic E-state index is 5.43. The Kier molecular flexibility index (Phi) is 9.83. The molecule has 0 spiro atoms. The van der Waals surface area contributed by atoms with Crippen LogP contribution in [0.2, 0.25) is 0 Å². The summed E-state index contributed by atoms with van der Waals surface area (Å²) in [4.78, 5) is 3.91. The van der Waals surface area contributed by atoms with Gasteiger partial charge in [-0.05, 0) is 18.6 Å². The lowest BCUT2D eigenvalue weighted by molar-refractivity contribution is 0.362. The monoisotopic (exact) mass is 207 g/mol. The van der Waals surface area contributed by atoms with Crippen LogP contribution >= 0.6 is 0 Å². The third-order valence-corrected chi connectivity index (χ3v) is 1.62. The summed E-state index contributed by atoms with van der Waals surface area (Å²) in [6, 6.07) is 3.71. The number of aromatic nitrogens is 1. The zero-order valence-corrected chi connectivity index (χ0v) is 9.94. The molecule has 1 aromatic rings. The molecule has 0 unspecified atom stereocenters. The zero-order valence-electron chi connectivity index (χ0n) is 9.94. The molecule has 0 atom stereocenters. The molecule has 0 bridgehead atoms. The maximum Gasteiger partial charge on any atom is 0.122 e. The van der Waals surface area contributed by atoms with Crippen molar-refractivity contribution in [2.24, 2.45) is 0 Å². The van der Waals surface area contributed by atoms with Crippen molar-refractivity contribution < 1.29 is 4.74 Å². The number of rotatable bonds is 5. The lowest BCUT2D eigenvalue weighted by atomic mass is 10.3. The number of unbranched alkanes of at least 4 members (excludes halogenated alkanes) is 1. The van der Waals surface area contributed by atoms with Crippen molar-refractivity contribution in [3.8, 4) is 5.75 Å². The first-order valence-electron chi connectivity index (χ1n) is 5.61. The molecular weight excluding hydrogens is 186 g/mol. The Morgan fingerprint density at radius 2 is 1.87 bits per heavy atom. The predicted octanol–water partition coefficient (Wildman–Crippen LogP) is 3.84. The summed E-state index contributed by atoms with van der Waals surface area (Å²) in [5.41, 5.74) is 0. The highest BCUT2D eigenvalue weighted by molar-refractivity contribution is 5.16. The Bertz CT molecular complexity index is 244. The third-order valence-electron chi connectivity index (χ3n) is 1.62. The van der Waals surface area contributed by atoms with Crippen molar-refractivity contribution in [3.05, 3.63) is 36.7 Å². The van der Waals surface area contributed by atoms with E-state index in [-0.39, 0.29) is 0 Å². The number of hydrogen-bond acceptors (Lipinski definition) is 2. The Morgan fingerprint density at radius 3 is 2.47 bits per heavy atom. The predicted molar refractivity (Wildman–Crippen MR) is 65.1 cm³/mol. The second kappa shape index (κ2) is 10.8. The van der Waals surface area contributed by atoms with Gasteiger partial charge in [0.1, 0.15) is 12.4 Å². The van der Waals surface area contributed by atoms with Gasteiger partial charge in [-0.3, -0.25) is 4.98 Å². The lowest BCUT2D eigenvalue weighted by Gasteiger charge is -2.00. The smallest absolute Gasteiger partial charge is 0.122 e. The number of allylic oxidation sites excluding steroid dienone is 1. The number of nitrogens with zero attached hydrogens (tertiary/aromatic N) is 1. The molecule has 0 aliphatic carbocycles. The highest BCUT2D eigenvalue weighted by atomic mass is 16.5. The van der Waals surface area contributed by atoms with Gasteiger partial charge in [-0.25, -0.2) is 0 Å². The summed E-state index contributed by atoms with van der Waals surface area (Å²) in [5.74, 6) is 0.871. The summed E-state index contributed by atoms with van der Waals surface area (Å²) in [7, 11) is 0. The second-order valence-electron chi connectivity index (χ2n) is 2.75. The molecule has 84 valence electrons. The van der Waals surface area contributed by atoms with Gasteiger partial charge >= 0.3 is 0 Å². The third kappa shape index (κ3) is 7.74. The minimum Gasteiger partial charge on any atom is -0.489 e. The molecule has 15 heavy (non-hydrogen) atoms. The molecule has 2 nitrogen and oxygen atoms in total. The van der Waals surface area contributed by atoms with Gasteiger partial charge in [0.2, 0.25) is 0 Å². The molecule has 0 saturated heterocycles. The molecule has 0 aliphatic rings. The average Bonchev–Trinajstić information content (AvgIpc) is 2.33. The molecule has 0 aromatic carbocycles. The highest BCUT2D eigenvalue weighted by Crippen LogP contribution is 2.06. The Hall–Kier alpha value is -1.31. The van der Waals surface area contributed by atoms with Crippen LogP contribution in [0.15, 0.2) is 36.7 Å². The van der Waals surface area contributed by atoms with Crippen molar-refractivity contribution >= 4 is 0 Å². The lowest BCUT2D eigenvalue weighted by Crippen LogP contribution is -1.92. The van der Waals surface area contributed by atoms with E-state index in [1.54, 1.807) is 12.4 Å². The van der Waals surface area contributed by atoms with Gasteiger partial charge in [-0.1, -0.05) is 39.3 Å². The van der Waals surface area contributed by atoms with Gasteiger partial charge in [0.05, 0.1) is 0 Å². The van der Waals surface area contributed by atoms with Crippen LogP contribution in [0.25, 0.3) is 0 Å². The van der Waals surface area contributed by atoms with Crippen molar-refractivity contribution in [2.45, 2.75) is 33.6 Å². The summed E-state index contributed by atoms with van der Waals surface area (Å²) >= 11 is 0. The largest absolute Gasteiger partial charge is 0.489 e. The van der Waals surface area contributed by atoms with Crippen molar-refractivity contribution in [1.82, 2.24) is 4.98 Å². The van der Waals surface area contributed by atoms with Crippen molar-refractivity contribution in [3.63, 3.8) is 0 Å². The topological polar surface area (TPSA) is 22.1 Å². The van der Waals surface area contributed by atoms with E-state index in [1.807, 2.05) is 32.1 Å². The number of ether oxygens (including phenoxy) is 1. The minimum atomic E-state index is 0.643. The van der Waals surface area contributed by atoms with Crippen LogP contribution in [-0.4, -0.2) is 11.6 Å². The van der Waals surface area contributed by atoms with Crippen molar-refractivity contribution in [1.29, 1.82) is 0 Å². The zero-order chi connectivity index (χ0) is 11.4. The number of pyridine rings is 1. The summed E-state index contributed by atoms with van der Waals surface area (Å²) in [5, 5.41) is 0. The van der Waals surface area contributed by atoms with E-state index in [2.05, 4.69) is 18.0 Å². The highest BCUT2D eigenvalue weighted by Gasteiger charge is 1.86. The normalized spacial score (nSPS) is 9.53. The minimum absolute atomic E-state index is 0.643. The first-order chi connectivity index (χ1) is 7.43. The van der Waals surface area contributed by atoms with Gasteiger partial charge in [-0.2, -0.15) is 0 Å². The molecule has 1 heterocycles. The van der Waals surface area contributed by atoms with E-state index in [1.165, 1.54) is 6.42 Å². The van der Waals surface area contributed by atoms with Crippen LogP contribution < -0.4 is 4.74 Å². The van der Waals surface area contributed by atoms with E-state index in [0.29, 0.717) is 6.61 Å². The second-order valence-corrected chi connectivity index (χ2v) is 2.75. The molecule has 0 amide bonds. The fraction of sp³-hybridized carbons (Fsp3) is 0.462. The quantitative estimate of drug-likeness (QED) is 0.684. The standard InChI is InChI=1S/C11H15NO.C2H6/c1-2-3-4-5-10-13-11-6-8-12-9-7-11;1-2/h4-9H,2-3,10H2,1H3;1-2H3/b5-4+;. The summed E-state index contributed by atoms with van der Waals surface area (Å²) < 4.78 is 5.43. The van der Waals surface area contributed by atoms with Crippen LogP contribution in [0.3, 0.4) is 0 Å². The molecule has 1 rings (SSSR count). The van der Waals surface area contributed by atoms with Crippen LogP contribution in [0, 0.1) is 0 Å². The first-order valence-corrected chi connectivity index (χ1v) is 5.61. The van der Waals surface area contributed by atoms with E-state index >= 15 is 0 Å². The molecule has 1 aromatic heterocycles. The van der Waals surface area contributed by atoms with E-state index in [4.69, 9.17) is 4.74 Å². The molecular formula is C13H21NO. The van der Waals surface area contributed by atoms with Gasteiger partial charge in [0, 0.05) is 12.4 Å². The average molecular weight is 207 g/mol. The molecule has 0 aliphatic heterocycles. The van der Waals surface area contributed by atoms with E-state index in [0.717, 1.165) is 12.2 Å². The maximum atomic E-state index is 5.43. The fourth-order valence-electron chi connectivity index (χ4n) is 0.931. The van der Waals surface area contributed by atoms with E-state index < -0.39 is 0 Å². The SMILES string of the molecule is CC.CCC/C=C/COc1ccncc1. The molecule has 0 saturated carbocycles. The first kappa shape index (κ1) is 13.7. The van der Waals surface area contributed by atoms with Crippen LogP contribution in [0.5, 0.6) is 5.75 Å². The van der Waals surface area contributed by atoms with Gasteiger partial charge in [-0.15, -0.1) is 0 Å². The van der Waals surface area contributed by atoms with Crippen LogP contribution in [0.1, 0.15) is 33.6 Å². The Labute approximate surface area is 93.0 Å². The molecule has 0 radical (unpaired) electrons. The van der Waals surface area contributed by atoms with Gasteiger partial charge in [0.15, 0.2) is 0 Å². The Balaban J connectivity index is 0.000000921. The molecule has 0 fully saturated rings. The van der Waals surface area contributed by atoms with Gasteiger partial charge < -0.3 is 4.74 Å². The number of hydrogen-bond donors (Lipinski definition) is 0. The van der Waals surface area contributed by atoms with Crippen LogP contribution in [-0.2, 0) is 0 Å². The summed E-state index contributed by atoms with van der Waals surface area (Å²) in [6.07, 6.45) is 9.95. The van der Waals surface area contributed by atoms with E-state index in [9.17, 15) is 0 Å². The fourth-order valence-corrected chi connectivity index (χ4v) is 0.931. The Morgan fingerprint density at radius 1 is 1.20 bits per heavy atom. The summed E-state index contributed by atoms with van der Waals surface area (Å²) in [6.45, 7) is 6.80. The van der Waals surface area contributed by atoms with Crippen LogP contribution in [0.4, 0.5) is 0 Å². The van der Waals surface area contributed by atoms with Crippen molar-refractivity contribution in [2.75, 3.05) is 6.61 Å². The van der Waals surface area contributed by atoms with Gasteiger partial charge in [0.25, 0.3) is 0 Å². The molecule has 0 N–H and O–H groups in total.